The van der Waals surface area contributed by atoms with Crippen LogP contribution < -0.4 is 9.89 Å². The summed E-state index contributed by atoms with van der Waals surface area (Å²) in [6.45, 7) is 0.344. The second-order valence-corrected chi connectivity index (χ2v) is 3.17. The van der Waals surface area contributed by atoms with Gasteiger partial charge < -0.3 is 14.4 Å². The molecule has 0 radical (unpaired) electrons. The molecule has 4 heteroatoms. The highest BCUT2D eigenvalue weighted by Gasteiger charge is 2.03. The van der Waals surface area contributed by atoms with E-state index in [9.17, 15) is 5.21 Å². The Morgan fingerprint density at radius 3 is 2.88 bits per heavy atom. The quantitative estimate of drug-likeness (QED) is 0.469. The third kappa shape index (κ3) is 2.42. The Hall–Kier alpha value is -2.23. The number of para-hydroxylation sites is 1. The molecule has 0 aliphatic carbocycles. The van der Waals surface area contributed by atoms with Crippen molar-refractivity contribution in [2.45, 2.75) is 6.61 Å². The monoisotopic (exact) mass is 217 g/mol. The van der Waals surface area contributed by atoms with Crippen molar-refractivity contribution in [3.63, 3.8) is 0 Å². The Morgan fingerprint density at radius 1 is 1.25 bits per heavy atom. The van der Waals surface area contributed by atoms with Gasteiger partial charge in [-0.1, -0.05) is 12.1 Å². The Bertz CT molecular complexity index is 463. The normalized spacial score (nSPS) is 10.8. The van der Waals surface area contributed by atoms with Crippen molar-refractivity contribution >= 4 is 6.21 Å². The molecule has 16 heavy (non-hydrogen) atoms. The summed E-state index contributed by atoms with van der Waals surface area (Å²) < 4.78 is 10.7. The van der Waals surface area contributed by atoms with Gasteiger partial charge in [0, 0.05) is 0 Å². The Balaban J connectivity index is 2.09. The smallest absolute Gasteiger partial charge is 0.183 e. The van der Waals surface area contributed by atoms with Gasteiger partial charge in [-0.25, -0.2) is 5.16 Å². The Labute approximate surface area is 92.8 Å². The Kier molecular flexibility index (Phi) is 3.23. The van der Waals surface area contributed by atoms with Crippen molar-refractivity contribution in [2.75, 3.05) is 0 Å². The van der Waals surface area contributed by atoms with Crippen LogP contribution in [0.3, 0.4) is 0 Å². The molecule has 4 nitrogen and oxygen atoms in total. The van der Waals surface area contributed by atoms with Gasteiger partial charge in [-0.2, -0.15) is 0 Å². The maximum Gasteiger partial charge on any atom is 0.183 e. The molecule has 0 aliphatic heterocycles. The molecule has 1 heterocycles. The van der Waals surface area contributed by atoms with Crippen molar-refractivity contribution in [1.29, 1.82) is 0 Å². The van der Waals surface area contributed by atoms with E-state index in [0.29, 0.717) is 17.9 Å². The second-order valence-electron chi connectivity index (χ2n) is 3.17. The lowest BCUT2D eigenvalue weighted by molar-refractivity contribution is -0.366. The molecule has 0 atom stereocenters. The largest absolute Gasteiger partial charge is 0.625 e. The number of benzene rings is 1. The number of rotatable bonds is 4. The fourth-order valence-corrected chi connectivity index (χ4v) is 1.34. The van der Waals surface area contributed by atoms with E-state index in [0.717, 1.165) is 5.76 Å². The lowest BCUT2D eigenvalue weighted by atomic mass is 10.2. The van der Waals surface area contributed by atoms with Gasteiger partial charge in [0.1, 0.15) is 18.1 Å². The molecule has 0 fully saturated rings. The molecule has 2 rings (SSSR count). The third-order valence-corrected chi connectivity index (χ3v) is 2.08. The van der Waals surface area contributed by atoms with Crippen LogP contribution in [0.1, 0.15) is 11.3 Å². The molecule has 0 saturated heterocycles. The molecule has 0 saturated carbocycles. The fourth-order valence-electron chi connectivity index (χ4n) is 1.34. The predicted octanol–water partition coefficient (Wildman–Crippen LogP) is 0.856. The summed E-state index contributed by atoms with van der Waals surface area (Å²) in [4.78, 5) is 0. The molecule has 1 aromatic heterocycles. The maximum absolute atomic E-state index is 10.3. The van der Waals surface area contributed by atoms with E-state index >= 15 is 0 Å². The summed E-state index contributed by atoms with van der Waals surface area (Å²) in [5, 5.41) is 12.0. The van der Waals surface area contributed by atoms with Gasteiger partial charge in [0.25, 0.3) is 0 Å². The van der Waals surface area contributed by atoms with E-state index < -0.39 is 0 Å². The van der Waals surface area contributed by atoms with Crippen LogP contribution in [0.15, 0.2) is 47.1 Å². The molecule has 0 bridgehead atoms. The van der Waals surface area contributed by atoms with Gasteiger partial charge in [-0.15, -0.1) is 0 Å². The van der Waals surface area contributed by atoms with Crippen molar-refractivity contribution in [3.8, 4) is 5.75 Å². The highest BCUT2D eigenvalue weighted by Crippen LogP contribution is 2.16. The fraction of sp³-hybridized carbons (Fsp3) is 0.0833. The predicted molar refractivity (Wildman–Crippen MR) is 59.0 cm³/mol. The molecular weight excluding hydrogens is 206 g/mol. The first kappa shape index (κ1) is 10.3. The minimum atomic E-state index is 0.344. The molecule has 1 N–H and O–H groups in total. The highest BCUT2D eigenvalue weighted by molar-refractivity contribution is 5.79. The summed E-state index contributed by atoms with van der Waals surface area (Å²) in [5.74, 6) is 1.38. The summed E-state index contributed by atoms with van der Waals surface area (Å²) in [6, 6.07) is 10.9. The van der Waals surface area contributed by atoms with Crippen LogP contribution in [-0.4, -0.2) is 6.21 Å². The van der Waals surface area contributed by atoms with Crippen LogP contribution in [0.25, 0.3) is 0 Å². The third-order valence-electron chi connectivity index (χ3n) is 2.08. The number of ether oxygens (including phenoxy) is 1. The first-order chi connectivity index (χ1) is 7.90. The van der Waals surface area contributed by atoms with Crippen LogP contribution in [0, 0.1) is 5.21 Å². The Morgan fingerprint density at radius 2 is 2.12 bits per heavy atom. The topological polar surface area (TPSA) is 59.4 Å². The van der Waals surface area contributed by atoms with Gasteiger partial charge in [-0.3, -0.25) is 0 Å². The van der Waals surface area contributed by atoms with Crippen molar-refractivity contribution in [2.24, 2.45) is 0 Å². The van der Waals surface area contributed by atoms with E-state index in [-0.39, 0.29) is 0 Å². The number of furan rings is 1. The molecule has 0 spiro atoms. The first-order valence-electron chi connectivity index (χ1n) is 4.85. The number of hydrogen-bond acceptors (Lipinski definition) is 3. The van der Waals surface area contributed by atoms with Crippen LogP contribution in [-0.2, 0) is 6.61 Å². The zero-order valence-corrected chi connectivity index (χ0v) is 8.55. The molecule has 0 aliphatic rings. The lowest BCUT2D eigenvalue weighted by Crippen LogP contribution is -2.60. The zero-order valence-electron chi connectivity index (χ0n) is 8.55. The van der Waals surface area contributed by atoms with Crippen LogP contribution in [0.2, 0.25) is 0 Å². The molecular formula is C12H11NO3. The zero-order chi connectivity index (χ0) is 11.2. The maximum atomic E-state index is 10.3. The summed E-state index contributed by atoms with van der Waals surface area (Å²) in [5.41, 5.74) is 0.712. The molecule has 0 amide bonds. The minimum Gasteiger partial charge on any atom is -0.625 e. The molecule has 1 aromatic carbocycles. The van der Waals surface area contributed by atoms with E-state index in [1.807, 2.05) is 18.2 Å². The van der Waals surface area contributed by atoms with E-state index in [1.165, 1.54) is 6.21 Å². The van der Waals surface area contributed by atoms with E-state index in [4.69, 9.17) is 9.15 Å². The van der Waals surface area contributed by atoms with Gasteiger partial charge in [0.15, 0.2) is 6.21 Å². The van der Waals surface area contributed by atoms with Gasteiger partial charge >= 0.3 is 0 Å². The molecule has 82 valence electrons. The molecule has 0 unspecified atom stereocenters. The van der Waals surface area contributed by atoms with Crippen molar-refractivity contribution in [1.82, 2.24) is 0 Å². The van der Waals surface area contributed by atoms with Gasteiger partial charge in [0.2, 0.25) is 0 Å². The second kappa shape index (κ2) is 5.02. The van der Waals surface area contributed by atoms with Crippen molar-refractivity contribution < 1.29 is 14.3 Å². The SMILES string of the molecule is [O-][NH+]=Cc1ccccc1OCc1ccco1. The highest BCUT2D eigenvalue weighted by atomic mass is 16.5. The molecule has 2 aromatic rings. The van der Waals surface area contributed by atoms with Crippen LogP contribution in [0.4, 0.5) is 0 Å². The number of nitrogens with one attached hydrogen (secondary N) is 1. The lowest BCUT2D eigenvalue weighted by Gasteiger charge is -2.05. The van der Waals surface area contributed by atoms with Gasteiger partial charge in [0.05, 0.1) is 11.8 Å². The average molecular weight is 217 g/mol. The van der Waals surface area contributed by atoms with E-state index in [1.54, 1.807) is 29.6 Å². The summed E-state index contributed by atoms with van der Waals surface area (Å²) >= 11 is 0. The van der Waals surface area contributed by atoms with Crippen molar-refractivity contribution in [3.05, 3.63) is 59.2 Å². The number of hydrogen-bond donors (Lipinski definition) is 1. The first-order valence-corrected chi connectivity index (χ1v) is 4.85. The van der Waals surface area contributed by atoms with Crippen LogP contribution in [0.5, 0.6) is 5.75 Å². The summed E-state index contributed by atoms with van der Waals surface area (Å²) in [6.07, 6.45) is 2.94. The van der Waals surface area contributed by atoms with Gasteiger partial charge in [-0.05, 0) is 24.3 Å². The standard InChI is InChI=1S/C12H11NO3/c14-13-8-10-4-1-2-6-12(10)16-9-11-5-3-7-15-11/h1-8,13H,9H2. The van der Waals surface area contributed by atoms with Crippen LogP contribution >= 0.6 is 0 Å². The minimum absolute atomic E-state index is 0.344. The summed E-state index contributed by atoms with van der Waals surface area (Å²) in [7, 11) is 0. The van der Waals surface area contributed by atoms with E-state index in [2.05, 4.69) is 0 Å². The average Bonchev–Trinajstić information content (AvgIpc) is 2.81.